The van der Waals surface area contributed by atoms with Gasteiger partial charge in [-0.1, -0.05) is 24.2 Å². The van der Waals surface area contributed by atoms with E-state index in [1.54, 1.807) is 0 Å². The summed E-state index contributed by atoms with van der Waals surface area (Å²) in [7, 11) is 0. The van der Waals surface area contributed by atoms with Crippen molar-refractivity contribution in [1.82, 2.24) is 5.32 Å². The first kappa shape index (κ1) is 13.9. The summed E-state index contributed by atoms with van der Waals surface area (Å²) in [6.07, 6.45) is 0.926. The van der Waals surface area contributed by atoms with Gasteiger partial charge in [0.15, 0.2) is 6.61 Å². The molecule has 0 aliphatic carbocycles. The molecule has 0 heterocycles. The second-order valence-electron chi connectivity index (χ2n) is 3.59. The van der Waals surface area contributed by atoms with Crippen LogP contribution in [0.1, 0.15) is 12.5 Å². The maximum Gasteiger partial charge on any atom is 0.257 e. The number of rotatable bonds is 7. The molecule has 6 nitrogen and oxygen atoms in total. The van der Waals surface area contributed by atoms with Gasteiger partial charge >= 0.3 is 0 Å². The number of nitrogens with zero attached hydrogens (tertiary/aromatic N) is 3. The summed E-state index contributed by atoms with van der Waals surface area (Å²) in [5.74, 6) is 0.449. The first-order chi connectivity index (χ1) is 8.76. The molecule has 0 atom stereocenters. The molecule has 18 heavy (non-hydrogen) atoms. The summed E-state index contributed by atoms with van der Waals surface area (Å²) >= 11 is 0. The fourth-order valence-electron chi connectivity index (χ4n) is 1.35. The van der Waals surface area contributed by atoms with Gasteiger partial charge in [-0.05, 0) is 29.6 Å². The monoisotopic (exact) mass is 248 g/mol. The molecule has 0 spiro atoms. The van der Waals surface area contributed by atoms with Crippen molar-refractivity contribution in [2.45, 2.75) is 13.3 Å². The summed E-state index contributed by atoms with van der Waals surface area (Å²) in [5.41, 5.74) is 9.22. The molecular weight excluding hydrogens is 232 g/mol. The molecule has 0 bridgehead atoms. The van der Waals surface area contributed by atoms with E-state index in [-0.39, 0.29) is 19.1 Å². The summed E-state index contributed by atoms with van der Waals surface area (Å²) in [6, 6.07) is 7.63. The molecule has 0 aromatic heterocycles. The van der Waals surface area contributed by atoms with E-state index in [1.165, 1.54) is 0 Å². The minimum Gasteiger partial charge on any atom is -0.484 e. The molecule has 1 aromatic carbocycles. The molecule has 1 N–H and O–H groups in total. The smallest absolute Gasteiger partial charge is 0.257 e. The average Bonchev–Trinajstić information content (AvgIpc) is 2.41. The first-order valence-electron chi connectivity index (χ1n) is 5.75. The highest BCUT2D eigenvalue weighted by molar-refractivity contribution is 5.77. The van der Waals surface area contributed by atoms with Crippen LogP contribution in [0.15, 0.2) is 29.4 Å². The van der Waals surface area contributed by atoms with Gasteiger partial charge in [0, 0.05) is 18.0 Å². The molecule has 0 aliphatic heterocycles. The van der Waals surface area contributed by atoms with Crippen LogP contribution in [0, 0.1) is 0 Å². The molecule has 0 saturated heterocycles. The fraction of sp³-hybridized carbons (Fsp3) is 0.417. The molecule has 0 aliphatic rings. The van der Waals surface area contributed by atoms with Crippen molar-refractivity contribution in [3.63, 3.8) is 0 Å². The van der Waals surface area contributed by atoms with Gasteiger partial charge in [-0.2, -0.15) is 0 Å². The molecule has 0 fully saturated rings. The number of hydrogen-bond acceptors (Lipinski definition) is 3. The predicted octanol–water partition coefficient (Wildman–Crippen LogP) is 2.05. The maximum atomic E-state index is 11.4. The Morgan fingerprint density at radius 3 is 3.11 bits per heavy atom. The number of carbonyl (C=O) groups is 1. The number of benzene rings is 1. The molecular formula is C12H16N4O2. The molecule has 0 saturated carbocycles. The van der Waals surface area contributed by atoms with Gasteiger partial charge in [0.05, 0.1) is 0 Å². The zero-order valence-corrected chi connectivity index (χ0v) is 10.3. The molecule has 6 heteroatoms. The summed E-state index contributed by atoms with van der Waals surface area (Å²) in [6.45, 7) is 2.58. The highest BCUT2D eigenvalue weighted by Crippen LogP contribution is 2.13. The van der Waals surface area contributed by atoms with Gasteiger partial charge in [0.1, 0.15) is 5.75 Å². The number of amides is 1. The minimum absolute atomic E-state index is 0.0383. The van der Waals surface area contributed by atoms with Crippen LogP contribution < -0.4 is 10.1 Å². The van der Waals surface area contributed by atoms with Gasteiger partial charge in [-0.25, -0.2) is 0 Å². The Balaban J connectivity index is 2.30. The molecule has 1 amide bonds. The van der Waals surface area contributed by atoms with E-state index in [0.29, 0.717) is 12.3 Å². The Morgan fingerprint density at radius 1 is 1.56 bits per heavy atom. The second kappa shape index (κ2) is 7.97. The van der Waals surface area contributed by atoms with Gasteiger partial charge in [-0.3, -0.25) is 4.79 Å². The van der Waals surface area contributed by atoms with Crippen LogP contribution in [0.25, 0.3) is 10.4 Å². The second-order valence-corrected chi connectivity index (χ2v) is 3.59. The van der Waals surface area contributed by atoms with Crippen LogP contribution in [0.3, 0.4) is 0 Å². The van der Waals surface area contributed by atoms with E-state index in [2.05, 4.69) is 22.3 Å². The van der Waals surface area contributed by atoms with E-state index in [1.807, 2.05) is 24.3 Å². The summed E-state index contributed by atoms with van der Waals surface area (Å²) in [5, 5.41) is 5.90. The van der Waals surface area contributed by atoms with Gasteiger partial charge < -0.3 is 10.1 Å². The van der Waals surface area contributed by atoms with Gasteiger partial charge in [0.2, 0.25) is 0 Å². The Morgan fingerprint density at radius 2 is 2.39 bits per heavy atom. The third-order valence-electron chi connectivity index (χ3n) is 2.27. The highest BCUT2D eigenvalue weighted by Gasteiger charge is 2.02. The van der Waals surface area contributed by atoms with E-state index >= 15 is 0 Å². The number of hydrogen-bond donors (Lipinski definition) is 1. The minimum atomic E-state index is -0.231. The Bertz CT molecular complexity index is 441. The number of carbonyl (C=O) groups excluding carboxylic acids is 1. The van der Waals surface area contributed by atoms with Crippen LogP contribution in [0.2, 0.25) is 0 Å². The molecule has 1 aromatic rings. The fourth-order valence-corrected chi connectivity index (χ4v) is 1.35. The Labute approximate surface area is 106 Å². The SMILES string of the molecule is CCc1cccc(OCC(=O)NCCN=[N+]=[N-])c1. The van der Waals surface area contributed by atoms with E-state index in [9.17, 15) is 4.79 Å². The quantitative estimate of drug-likeness (QED) is 0.346. The van der Waals surface area contributed by atoms with Crippen molar-refractivity contribution in [2.75, 3.05) is 19.7 Å². The zero-order chi connectivity index (χ0) is 13.2. The number of nitrogens with one attached hydrogen (secondary N) is 1. The Kier molecular flexibility index (Phi) is 6.14. The highest BCUT2D eigenvalue weighted by atomic mass is 16.5. The van der Waals surface area contributed by atoms with Crippen LogP contribution in [-0.4, -0.2) is 25.6 Å². The van der Waals surface area contributed by atoms with Crippen molar-refractivity contribution in [3.05, 3.63) is 40.3 Å². The lowest BCUT2D eigenvalue weighted by atomic mass is 10.2. The molecule has 0 radical (unpaired) electrons. The summed E-state index contributed by atoms with van der Waals surface area (Å²) in [4.78, 5) is 14.0. The molecule has 96 valence electrons. The zero-order valence-electron chi connectivity index (χ0n) is 10.3. The lowest BCUT2D eigenvalue weighted by Crippen LogP contribution is -2.30. The standard InChI is InChI=1S/C12H16N4O2/c1-2-10-4-3-5-11(8-10)18-9-12(17)14-6-7-15-16-13/h3-5,8H,2,6-7,9H2,1H3,(H,14,17). The van der Waals surface area contributed by atoms with Crippen LogP contribution in [0.5, 0.6) is 5.75 Å². The van der Waals surface area contributed by atoms with Crippen molar-refractivity contribution >= 4 is 5.91 Å². The summed E-state index contributed by atoms with van der Waals surface area (Å²) < 4.78 is 5.35. The van der Waals surface area contributed by atoms with Crippen molar-refractivity contribution in [2.24, 2.45) is 5.11 Å². The average molecular weight is 248 g/mol. The van der Waals surface area contributed by atoms with E-state index < -0.39 is 0 Å². The van der Waals surface area contributed by atoms with Crippen LogP contribution >= 0.6 is 0 Å². The maximum absolute atomic E-state index is 11.4. The number of azide groups is 1. The van der Waals surface area contributed by atoms with Crippen molar-refractivity contribution in [1.29, 1.82) is 0 Å². The van der Waals surface area contributed by atoms with Crippen molar-refractivity contribution < 1.29 is 9.53 Å². The van der Waals surface area contributed by atoms with Crippen molar-refractivity contribution in [3.8, 4) is 5.75 Å². The van der Waals surface area contributed by atoms with Crippen LogP contribution in [0.4, 0.5) is 0 Å². The van der Waals surface area contributed by atoms with E-state index in [4.69, 9.17) is 10.3 Å². The molecule has 1 rings (SSSR count). The van der Waals surface area contributed by atoms with Gasteiger partial charge in [-0.15, -0.1) is 0 Å². The third kappa shape index (κ3) is 5.23. The topological polar surface area (TPSA) is 87.1 Å². The van der Waals surface area contributed by atoms with E-state index in [0.717, 1.165) is 12.0 Å². The molecule has 0 unspecified atom stereocenters. The predicted molar refractivity (Wildman–Crippen MR) is 68.3 cm³/mol. The largest absolute Gasteiger partial charge is 0.484 e. The Hall–Kier alpha value is -2.20. The third-order valence-corrected chi connectivity index (χ3v) is 2.27. The number of aryl methyl sites for hydroxylation is 1. The number of ether oxygens (including phenoxy) is 1. The normalized spacial score (nSPS) is 9.39. The first-order valence-corrected chi connectivity index (χ1v) is 5.75. The van der Waals surface area contributed by atoms with Gasteiger partial charge in [0.25, 0.3) is 5.91 Å². The lowest BCUT2D eigenvalue weighted by Gasteiger charge is -2.07. The van der Waals surface area contributed by atoms with Crippen LogP contribution in [-0.2, 0) is 11.2 Å². The lowest BCUT2D eigenvalue weighted by molar-refractivity contribution is -0.123.